The molecule has 0 aliphatic carbocycles. The number of aromatic nitrogens is 3. The van der Waals surface area contributed by atoms with Gasteiger partial charge in [-0.05, 0) is 13.3 Å². The molecule has 1 aromatic rings. The molecule has 84 valence electrons. The van der Waals surface area contributed by atoms with Gasteiger partial charge in [-0.25, -0.2) is 4.98 Å². The Morgan fingerprint density at radius 1 is 1.53 bits per heavy atom. The van der Waals surface area contributed by atoms with Crippen molar-refractivity contribution in [1.82, 2.24) is 14.8 Å². The molecule has 0 atom stereocenters. The molecule has 0 N–H and O–H groups in total. The van der Waals surface area contributed by atoms with E-state index in [0.717, 1.165) is 25.2 Å². The summed E-state index contributed by atoms with van der Waals surface area (Å²) in [6.07, 6.45) is 3.93. The normalized spacial score (nSPS) is 10.9. The maximum absolute atomic E-state index is 11.4. The lowest BCUT2D eigenvalue weighted by Crippen LogP contribution is -2.09. The zero-order valence-electron chi connectivity index (χ0n) is 9.73. The molecule has 4 nitrogen and oxygen atoms in total. The van der Waals surface area contributed by atoms with Crippen LogP contribution in [-0.4, -0.2) is 20.5 Å². The van der Waals surface area contributed by atoms with Gasteiger partial charge < -0.3 is 0 Å². The molecular formula is C11H19N3O. The van der Waals surface area contributed by atoms with E-state index in [1.54, 1.807) is 6.33 Å². The first-order chi connectivity index (χ1) is 7.15. The summed E-state index contributed by atoms with van der Waals surface area (Å²) < 4.78 is 1.87. The molecule has 15 heavy (non-hydrogen) atoms. The maximum Gasteiger partial charge on any atom is 0.138 e. The highest BCUT2D eigenvalue weighted by Gasteiger charge is 2.08. The zero-order chi connectivity index (χ0) is 11.3. The van der Waals surface area contributed by atoms with Crippen molar-refractivity contribution in [2.75, 3.05) is 0 Å². The number of hydrogen-bond acceptors (Lipinski definition) is 3. The number of carbonyl (C=O) groups is 1. The van der Waals surface area contributed by atoms with Crippen molar-refractivity contribution < 1.29 is 4.79 Å². The lowest BCUT2D eigenvalue weighted by Gasteiger charge is -2.04. The number of Topliss-reactive ketones (excluding diaryl/α,β-unsaturated/α-hetero) is 1. The van der Waals surface area contributed by atoms with Gasteiger partial charge in [-0.2, -0.15) is 5.10 Å². The summed E-state index contributed by atoms with van der Waals surface area (Å²) in [5.41, 5.74) is 0. The summed E-state index contributed by atoms with van der Waals surface area (Å²) >= 11 is 0. The number of carbonyl (C=O) groups excluding carboxylic acids is 1. The quantitative estimate of drug-likeness (QED) is 0.718. The minimum atomic E-state index is 0.147. The Bertz CT molecular complexity index is 317. The Labute approximate surface area is 90.7 Å². The molecule has 1 aromatic heterocycles. The fourth-order valence-electron chi connectivity index (χ4n) is 1.46. The van der Waals surface area contributed by atoms with E-state index in [1.807, 2.05) is 25.5 Å². The third-order valence-electron chi connectivity index (χ3n) is 2.46. The highest BCUT2D eigenvalue weighted by Crippen LogP contribution is 2.06. The average molecular weight is 209 g/mol. The van der Waals surface area contributed by atoms with Gasteiger partial charge in [0, 0.05) is 25.3 Å². The summed E-state index contributed by atoms with van der Waals surface area (Å²) in [6, 6.07) is 0. The largest absolute Gasteiger partial charge is 0.299 e. The first-order valence-electron chi connectivity index (χ1n) is 5.54. The fraction of sp³-hybridized carbons (Fsp3) is 0.727. The number of aryl methyl sites for hydroxylation is 2. The second-order valence-corrected chi connectivity index (χ2v) is 3.97. The molecule has 0 aliphatic rings. The standard InChI is InChI=1S/C11H19N3O/c1-4-14-11(12-8-13-14)7-5-6-10(15)9(2)3/h8-9H,4-7H2,1-3H3. The lowest BCUT2D eigenvalue weighted by atomic mass is 10.0. The monoisotopic (exact) mass is 209 g/mol. The number of nitrogens with zero attached hydrogens (tertiary/aromatic N) is 3. The van der Waals surface area contributed by atoms with Gasteiger partial charge in [0.15, 0.2) is 0 Å². The summed E-state index contributed by atoms with van der Waals surface area (Å²) in [7, 11) is 0. The van der Waals surface area contributed by atoms with Crippen LogP contribution >= 0.6 is 0 Å². The molecule has 0 saturated carbocycles. The molecule has 4 heteroatoms. The van der Waals surface area contributed by atoms with Crippen LogP contribution in [0.3, 0.4) is 0 Å². The van der Waals surface area contributed by atoms with Crippen LogP contribution in [0, 0.1) is 5.92 Å². The first kappa shape index (κ1) is 11.9. The number of ketones is 1. The molecule has 0 unspecified atom stereocenters. The van der Waals surface area contributed by atoms with Crippen molar-refractivity contribution >= 4 is 5.78 Å². The van der Waals surface area contributed by atoms with E-state index in [9.17, 15) is 4.79 Å². The van der Waals surface area contributed by atoms with Gasteiger partial charge in [-0.15, -0.1) is 0 Å². The van der Waals surface area contributed by atoms with Crippen molar-refractivity contribution in [3.8, 4) is 0 Å². The minimum absolute atomic E-state index is 0.147. The van der Waals surface area contributed by atoms with Crippen molar-refractivity contribution in [3.05, 3.63) is 12.2 Å². The van der Waals surface area contributed by atoms with Gasteiger partial charge in [0.25, 0.3) is 0 Å². The van der Waals surface area contributed by atoms with Crippen LogP contribution in [-0.2, 0) is 17.8 Å². The molecule has 0 bridgehead atoms. The highest BCUT2D eigenvalue weighted by atomic mass is 16.1. The van der Waals surface area contributed by atoms with Crippen LogP contribution in [0.15, 0.2) is 6.33 Å². The van der Waals surface area contributed by atoms with Gasteiger partial charge >= 0.3 is 0 Å². The fourth-order valence-corrected chi connectivity index (χ4v) is 1.46. The molecular weight excluding hydrogens is 190 g/mol. The Morgan fingerprint density at radius 3 is 2.87 bits per heavy atom. The first-order valence-corrected chi connectivity index (χ1v) is 5.54. The van der Waals surface area contributed by atoms with E-state index in [1.165, 1.54) is 0 Å². The molecule has 1 rings (SSSR count). The van der Waals surface area contributed by atoms with Crippen LogP contribution < -0.4 is 0 Å². The van der Waals surface area contributed by atoms with E-state index in [-0.39, 0.29) is 5.92 Å². The van der Waals surface area contributed by atoms with Crippen molar-refractivity contribution in [2.45, 2.75) is 46.6 Å². The summed E-state index contributed by atoms with van der Waals surface area (Å²) in [4.78, 5) is 15.6. The van der Waals surface area contributed by atoms with E-state index in [0.29, 0.717) is 12.2 Å². The smallest absolute Gasteiger partial charge is 0.138 e. The van der Waals surface area contributed by atoms with Crippen molar-refractivity contribution in [1.29, 1.82) is 0 Å². The van der Waals surface area contributed by atoms with E-state index in [4.69, 9.17) is 0 Å². The average Bonchev–Trinajstić information content (AvgIpc) is 2.65. The van der Waals surface area contributed by atoms with Gasteiger partial charge in [-0.3, -0.25) is 9.48 Å². The SMILES string of the molecule is CCn1ncnc1CCCC(=O)C(C)C. The third kappa shape index (κ3) is 3.46. The van der Waals surface area contributed by atoms with Crippen LogP contribution in [0.2, 0.25) is 0 Å². The molecule has 0 fully saturated rings. The molecule has 0 saturated heterocycles. The van der Waals surface area contributed by atoms with Crippen LogP contribution in [0.25, 0.3) is 0 Å². The Kier molecular flexibility index (Phi) is 4.46. The van der Waals surface area contributed by atoms with E-state index >= 15 is 0 Å². The zero-order valence-corrected chi connectivity index (χ0v) is 9.73. The Hall–Kier alpha value is -1.19. The Balaban J connectivity index is 2.35. The number of rotatable bonds is 6. The second-order valence-electron chi connectivity index (χ2n) is 3.97. The number of hydrogen-bond donors (Lipinski definition) is 0. The third-order valence-corrected chi connectivity index (χ3v) is 2.46. The minimum Gasteiger partial charge on any atom is -0.299 e. The van der Waals surface area contributed by atoms with Crippen LogP contribution in [0.4, 0.5) is 0 Å². The molecule has 0 amide bonds. The second kappa shape index (κ2) is 5.63. The molecule has 1 heterocycles. The summed E-state index contributed by atoms with van der Waals surface area (Å²) in [5, 5.41) is 4.09. The van der Waals surface area contributed by atoms with Gasteiger partial charge in [0.05, 0.1) is 0 Å². The van der Waals surface area contributed by atoms with E-state index in [2.05, 4.69) is 10.1 Å². The van der Waals surface area contributed by atoms with Crippen molar-refractivity contribution in [2.24, 2.45) is 5.92 Å². The van der Waals surface area contributed by atoms with Gasteiger partial charge in [0.1, 0.15) is 17.9 Å². The van der Waals surface area contributed by atoms with Gasteiger partial charge in [0.2, 0.25) is 0 Å². The molecule has 0 radical (unpaired) electrons. The molecule has 0 aromatic carbocycles. The van der Waals surface area contributed by atoms with Crippen molar-refractivity contribution in [3.63, 3.8) is 0 Å². The summed E-state index contributed by atoms with van der Waals surface area (Å²) in [5.74, 6) is 1.46. The van der Waals surface area contributed by atoms with E-state index < -0.39 is 0 Å². The highest BCUT2D eigenvalue weighted by molar-refractivity contribution is 5.80. The molecule has 0 spiro atoms. The molecule has 0 aliphatic heterocycles. The van der Waals surface area contributed by atoms with Crippen LogP contribution in [0.1, 0.15) is 39.4 Å². The summed E-state index contributed by atoms with van der Waals surface area (Å²) in [6.45, 7) is 6.76. The predicted octanol–water partition coefficient (Wildman–Crippen LogP) is 1.85. The predicted molar refractivity (Wildman–Crippen MR) is 58.5 cm³/mol. The maximum atomic E-state index is 11.4. The van der Waals surface area contributed by atoms with Crippen LogP contribution in [0.5, 0.6) is 0 Å². The Morgan fingerprint density at radius 2 is 2.27 bits per heavy atom. The topological polar surface area (TPSA) is 47.8 Å². The van der Waals surface area contributed by atoms with Gasteiger partial charge in [-0.1, -0.05) is 13.8 Å². The lowest BCUT2D eigenvalue weighted by molar-refractivity contribution is -0.121.